The first-order valence-corrected chi connectivity index (χ1v) is 14.8. The van der Waals surface area contributed by atoms with Crippen LogP contribution in [0.1, 0.15) is 122 Å². The first-order valence-electron chi connectivity index (χ1n) is 14.8. The van der Waals surface area contributed by atoms with Gasteiger partial charge in [0.05, 0.1) is 0 Å². The molecule has 1 saturated carbocycles. The summed E-state index contributed by atoms with van der Waals surface area (Å²) in [7, 11) is 0. The third kappa shape index (κ3) is 10.4. The Kier molecular flexibility index (Phi) is 13.0. The summed E-state index contributed by atoms with van der Waals surface area (Å²) in [4.78, 5) is 21.5. The zero-order valence-corrected chi connectivity index (χ0v) is 22.9. The number of esters is 1. The van der Waals surface area contributed by atoms with Gasteiger partial charge in [0.1, 0.15) is 5.75 Å². The van der Waals surface area contributed by atoms with Crippen LogP contribution in [-0.2, 0) is 11.2 Å². The lowest BCUT2D eigenvalue weighted by Crippen LogP contribution is -2.17. The maximum Gasteiger partial charge on any atom is 0.311 e. The van der Waals surface area contributed by atoms with Crippen LogP contribution in [0.15, 0.2) is 36.7 Å². The molecular weight excluding hydrogens is 444 g/mol. The second-order valence-corrected chi connectivity index (χ2v) is 10.9. The molecule has 0 N–H and O–H groups in total. The molecule has 3 rings (SSSR count). The summed E-state index contributed by atoms with van der Waals surface area (Å²) in [5, 5.41) is 0. The molecule has 0 saturated heterocycles. The van der Waals surface area contributed by atoms with Crippen molar-refractivity contribution >= 4 is 5.97 Å². The van der Waals surface area contributed by atoms with Crippen molar-refractivity contribution in [1.82, 2.24) is 9.97 Å². The number of aromatic nitrogens is 2. The number of carbonyl (C=O) groups is 1. The van der Waals surface area contributed by atoms with E-state index in [2.05, 4.69) is 23.8 Å². The van der Waals surface area contributed by atoms with E-state index in [9.17, 15) is 4.79 Å². The Labute approximate surface area is 219 Å². The zero-order valence-electron chi connectivity index (χ0n) is 22.9. The molecule has 0 bridgehead atoms. The number of unbranched alkanes of at least 4 members (excludes halogenated alkanes) is 7. The molecule has 1 aromatic carbocycles. The van der Waals surface area contributed by atoms with E-state index in [-0.39, 0.29) is 5.97 Å². The second-order valence-electron chi connectivity index (χ2n) is 10.9. The third-order valence-corrected chi connectivity index (χ3v) is 7.79. The standard InChI is InChI=1S/C32H48N2O2/c1-3-5-6-7-8-9-10-11-13-28-24-33-32(34-25-28)29-19-21-30(22-20-29)36-31(35)23-18-27-16-14-26(12-4-2)15-17-27/h19-22,24-27H,3-18,23H2,1-2H3/t26-,27-. The van der Waals surface area contributed by atoms with Crippen LogP contribution in [0, 0.1) is 11.8 Å². The molecule has 0 radical (unpaired) electrons. The number of hydrogen-bond acceptors (Lipinski definition) is 4. The number of ether oxygens (including phenoxy) is 1. The zero-order chi connectivity index (χ0) is 25.4. The fourth-order valence-corrected chi connectivity index (χ4v) is 5.49. The molecule has 1 fully saturated rings. The molecule has 1 heterocycles. The highest BCUT2D eigenvalue weighted by Crippen LogP contribution is 2.34. The summed E-state index contributed by atoms with van der Waals surface area (Å²) < 4.78 is 5.59. The highest BCUT2D eigenvalue weighted by Gasteiger charge is 2.21. The van der Waals surface area contributed by atoms with E-state index in [0.29, 0.717) is 23.9 Å². The third-order valence-electron chi connectivity index (χ3n) is 7.79. The van der Waals surface area contributed by atoms with Crippen LogP contribution in [-0.4, -0.2) is 15.9 Å². The van der Waals surface area contributed by atoms with E-state index in [0.717, 1.165) is 24.3 Å². The Balaban J connectivity index is 1.34. The van der Waals surface area contributed by atoms with Gasteiger partial charge in [0, 0.05) is 24.4 Å². The van der Waals surface area contributed by atoms with Gasteiger partial charge in [-0.15, -0.1) is 0 Å². The van der Waals surface area contributed by atoms with E-state index < -0.39 is 0 Å². The van der Waals surface area contributed by atoms with Crippen molar-refractivity contribution in [2.45, 2.75) is 123 Å². The van der Waals surface area contributed by atoms with Crippen molar-refractivity contribution in [2.75, 3.05) is 0 Å². The van der Waals surface area contributed by atoms with Crippen LogP contribution in [0.2, 0.25) is 0 Å². The van der Waals surface area contributed by atoms with Crippen LogP contribution in [0.4, 0.5) is 0 Å². The molecule has 4 nitrogen and oxygen atoms in total. The summed E-state index contributed by atoms with van der Waals surface area (Å²) >= 11 is 0. The first kappa shape index (κ1) is 28.3. The smallest absolute Gasteiger partial charge is 0.311 e. The minimum absolute atomic E-state index is 0.125. The van der Waals surface area contributed by atoms with Crippen LogP contribution >= 0.6 is 0 Å². The number of hydrogen-bond donors (Lipinski definition) is 0. The summed E-state index contributed by atoms with van der Waals surface area (Å²) in [6.07, 6.45) is 24.9. The molecule has 4 heteroatoms. The van der Waals surface area contributed by atoms with Gasteiger partial charge in [-0.3, -0.25) is 4.79 Å². The van der Waals surface area contributed by atoms with E-state index in [1.807, 2.05) is 36.7 Å². The molecule has 1 aliphatic rings. The molecule has 0 aliphatic heterocycles. The molecule has 1 aromatic heterocycles. The maximum atomic E-state index is 12.4. The molecule has 0 spiro atoms. The Bertz CT molecular complexity index is 855. The predicted molar refractivity (Wildman–Crippen MR) is 149 cm³/mol. The molecule has 2 aromatic rings. The average molecular weight is 493 g/mol. The van der Waals surface area contributed by atoms with Gasteiger partial charge in [0.25, 0.3) is 0 Å². The Morgan fingerprint density at radius 3 is 1.97 bits per heavy atom. The Morgan fingerprint density at radius 2 is 1.36 bits per heavy atom. The van der Waals surface area contributed by atoms with Gasteiger partial charge in [-0.05, 0) is 60.9 Å². The van der Waals surface area contributed by atoms with Crippen molar-refractivity contribution in [2.24, 2.45) is 11.8 Å². The van der Waals surface area contributed by atoms with Crippen LogP contribution < -0.4 is 4.74 Å². The number of nitrogens with zero attached hydrogens (tertiary/aromatic N) is 2. The Morgan fingerprint density at radius 1 is 0.778 bits per heavy atom. The largest absolute Gasteiger partial charge is 0.427 e. The lowest BCUT2D eigenvalue weighted by Gasteiger charge is -2.28. The van der Waals surface area contributed by atoms with Crippen molar-refractivity contribution in [3.8, 4) is 17.1 Å². The van der Waals surface area contributed by atoms with Crippen LogP contribution in [0.3, 0.4) is 0 Å². The predicted octanol–water partition coefficient (Wildman–Crippen LogP) is 9.12. The quantitative estimate of drug-likeness (QED) is 0.133. The number of carbonyl (C=O) groups excluding carboxylic acids is 1. The van der Waals surface area contributed by atoms with E-state index in [4.69, 9.17) is 4.74 Å². The summed E-state index contributed by atoms with van der Waals surface area (Å²) in [6.45, 7) is 4.54. The molecule has 0 atom stereocenters. The molecule has 0 unspecified atom stereocenters. The molecule has 1 aliphatic carbocycles. The number of rotatable bonds is 16. The van der Waals surface area contributed by atoms with Crippen LogP contribution in [0.25, 0.3) is 11.4 Å². The highest BCUT2D eigenvalue weighted by molar-refractivity contribution is 5.72. The van der Waals surface area contributed by atoms with Gasteiger partial charge >= 0.3 is 5.97 Å². The van der Waals surface area contributed by atoms with Gasteiger partial charge in [0.2, 0.25) is 0 Å². The summed E-state index contributed by atoms with van der Waals surface area (Å²) in [6, 6.07) is 7.57. The Hall–Kier alpha value is -2.23. The lowest BCUT2D eigenvalue weighted by atomic mass is 9.78. The normalized spacial score (nSPS) is 17.7. The maximum absolute atomic E-state index is 12.4. The van der Waals surface area contributed by atoms with Crippen LogP contribution in [0.5, 0.6) is 5.75 Å². The minimum atomic E-state index is -0.125. The topological polar surface area (TPSA) is 52.1 Å². The van der Waals surface area contributed by atoms with Crippen molar-refractivity contribution in [3.63, 3.8) is 0 Å². The van der Waals surface area contributed by atoms with Gasteiger partial charge in [-0.2, -0.15) is 0 Å². The summed E-state index contributed by atoms with van der Waals surface area (Å²) in [5.74, 6) is 2.78. The van der Waals surface area contributed by atoms with E-state index in [1.165, 1.54) is 95.5 Å². The lowest BCUT2D eigenvalue weighted by molar-refractivity contribution is -0.134. The number of aryl methyl sites for hydroxylation is 1. The van der Waals surface area contributed by atoms with Crippen molar-refractivity contribution < 1.29 is 9.53 Å². The molecule has 36 heavy (non-hydrogen) atoms. The average Bonchev–Trinajstić information content (AvgIpc) is 2.91. The van der Waals surface area contributed by atoms with Gasteiger partial charge in [0.15, 0.2) is 5.82 Å². The van der Waals surface area contributed by atoms with Gasteiger partial charge < -0.3 is 4.74 Å². The summed E-state index contributed by atoms with van der Waals surface area (Å²) in [5.41, 5.74) is 2.14. The monoisotopic (exact) mass is 492 g/mol. The second kappa shape index (κ2) is 16.5. The molecule has 0 amide bonds. The highest BCUT2D eigenvalue weighted by atomic mass is 16.5. The fraction of sp³-hybridized carbons (Fsp3) is 0.656. The molecule has 198 valence electrons. The number of benzene rings is 1. The molecular formula is C32H48N2O2. The van der Waals surface area contributed by atoms with Gasteiger partial charge in [-0.1, -0.05) is 97.3 Å². The van der Waals surface area contributed by atoms with Crippen molar-refractivity contribution in [3.05, 3.63) is 42.2 Å². The first-order chi connectivity index (χ1) is 17.7. The SMILES string of the molecule is CCCCCCCCCCc1cnc(-c2ccc(OC(=O)CC[C@H]3CC[C@H](CCC)CC3)cc2)nc1. The van der Waals surface area contributed by atoms with Crippen molar-refractivity contribution in [1.29, 1.82) is 0 Å². The van der Waals surface area contributed by atoms with Gasteiger partial charge in [-0.25, -0.2) is 9.97 Å². The van der Waals surface area contributed by atoms with E-state index in [1.54, 1.807) is 0 Å². The fourth-order valence-electron chi connectivity index (χ4n) is 5.49. The minimum Gasteiger partial charge on any atom is -0.427 e. The van der Waals surface area contributed by atoms with E-state index >= 15 is 0 Å².